The lowest BCUT2D eigenvalue weighted by molar-refractivity contribution is -0.138. The third-order valence-corrected chi connectivity index (χ3v) is 5.04. The number of imide groups is 1. The molecule has 1 aliphatic heterocycles. The van der Waals surface area contributed by atoms with Crippen molar-refractivity contribution >= 4 is 27.4 Å². The molecule has 140 valence electrons. The Labute approximate surface area is 155 Å². The normalized spacial score (nSPS) is 14.8. The standard InChI is InChI=1S/C18H16N2O6S/c1-26-13-6-4-12(5-7-13)15-16(21)18(23)20(17(15)22)10-11-2-8-14(9-3-11)27(19,24)25/h2-9,21H,10H2,1H3,(H2,19,24,25). The number of ether oxygens (including phenoxy) is 1. The largest absolute Gasteiger partial charge is 0.502 e. The molecule has 3 rings (SSSR count). The molecule has 0 saturated carbocycles. The van der Waals surface area contributed by atoms with Gasteiger partial charge in [0.2, 0.25) is 10.0 Å². The van der Waals surface area contributed by atoms with Gasteiger partial charge in [-0.2, -0.15) is 0 Å². The van der Waals surface area contributed by atoms with Crippen LogP contribution in [-0.2, 0) is 26.2 Å². The molecule has 0 aliphatic carbocycles. The fraction of sp³-hybridized carbons (Fsp3) is 0.111. The molecule has 0 bridgehead atoms. The Morgan fingerprint density at radius 1 is 1.00 bits per heavy atom. The number of benzene rings is 2. The second-order valence-corrected chi connectivity index (χ2v) is 7.40. The fourth-order valence-electron chi connectivity index (χ4n) is 2.69. The predicted molar refractivity (Wildman–Crippen MR) is 95.9 cm³/mol. The van der Waals surface area contributed by atoms with E-state index in [2.05, 4.69) is 0 Å². The lowest BCUT2D eigenvalue weighted by atomic mass is 10.1. The Bertz CT molecular complexity index is 1040. The lowest BCUT2D eigenvalue weighted by Gasteiger charge is -2.15. The molecule has 0 radical (unpaired) electrons. The second kappa shape index (κ2) is 6.86. The SMILES string of the molecule is COc1ccc(C2=C(O)C(=O)N(Cc3ccc(S(N)(=O)=O)cc3)C2=O)cc1. The van der Waals surface area contributed by atoms with Crippen LogP contribution >= 0.6 is 0 Å². The quantitative estimate of drug-likeness (QED) is 0.741. The van der Waals surface area contributed by atoms with Crippen molar-refractivity contribution in [2.45, 2.75) is 11.4 Å². The van der Waals surface area contributed by atoms with Gasteiger partial charge in [-0.3, -0.25) is 14.5 Å². The molecule has 1 aliphatic rings. The van der Waals surface area contributed by atoms with Crippen molar-refractivity contribution in [2.75, 3.05) is 7.11 Å². The molecule has 0 atom stereocenters. The number of amides is 2. The number of nitrogens with two attached hydrogens (primary N) is 1. The van der Waals surface area contributed by atoms with E-state index in [0.29, 0.717) is 16.9 Å². The van der Waals surface area contributed by atoms with Crippen LogP contribution in [0.3, 0.4) is 0 Å². The number of primary sulfonamides is 1. The molecule has 2 aromatic rings. The summed E-state index contributed by atoms with van der Waals surface area (Å²) in [6.45, 7) is -0.119. The number of hydrogen-bond donors (Lipinski definition) is 2. The molecule has 2 amide bonds. The Morgan fingerprint density at radius 3 is 2.11 bits per heavy atom. The first-order chi connectivity index (χ1) is 12.7. The average Bonchev–Trinajstić information content (AvgIpc) is 2.85. The first-order valence-electron chi connectivity index (χ1n) is 7.78. The highest BCUT2D eigenvalue weighted by Gasteiger charge is 2.39. The molecule has 0 fully saturated rings. The number of carbonyl (C=O) groups excluding carboxylic acids is 2. The van der Waals surface area contributed by atoms with E-state index < -0.39 is 27.6 Å². The Hall–Kier alpha value is -3.17. The third-order valence-electron chi connectivity index (χ3n) is 4.11. The molecular formula is C18H16N2O6S. The number of nitrogens with zero attached hydrogens (tertiary/aromatic N) is 1. The summed E-state index contributed by atoms with van der Waals surface area (Å²) in [6, 6.07) is 11.8. The van der Waals surface area contributed by atoms with Gasteiger partial charge >= 0.3 is 0 Å². The smallest absolute Gasteiger partial charge is 0.296 e. The van der Waals surface area contributed by atoms with Gasteiger partial charge in [0.1, 0.15) is 5.75 Å². The van der Waals surface area contributed by atoms with Crippen LogP contribution in [0.5, 0.6) is 5.75 Å². The van der Waals surface area contributed by atoms with E-state index in [-0.39, 0.29) is 17.0 Å². The van der Waals surface area contributed by atoms with Crippen LogP contribution in [0.1, 0.15) is 11.1 Å². The zero-order valence-corrected chi connectivity index (χ0v) is 15.1. The molecule has 3 N–H and O–H groups in total. The monoisotopic (exact) mass is 388 g/mol. The van der Waals surface area contributed by atoms with Crippen molar-refractivity contribution < 1.29 is 27.9 Å². The van der Waals surface area contributed by atoms with Crippen molar-refractivity contribution in [1.29, 1.82) is 0 Å². The van der Waals surface area contributed by atoms with E-state index >= 15 is 0 Å². The summed E-state index contributed by atoms with van der Waals surface area (Å²) in [6.07, 6.45) is 0. The molecule has 9 heteroatoms. The maximum atomic E-state index is 12.7. The Balaban J connectivity index is 1.85. The summed E-state index contributed by atoms with van der Waals surface area (Å²) in [5, 5.41) is 15.2. The van der Waals surface area contributed by atoms with Crippen LogP contribution < -0.4 is 9.88 Å². The molecule has 0 unspecified atom stereocenters. The highest BCUT2D eigenvalue weighted by molar-refractivity contribution is 7.89. The fourth-order valence-corrected chi connectivity index (χ4v) is 3.21. The van der Waals surface area contributed by atoms with Gasteiger partial charge in [-0.25, -0.2) is 13.6 Å². The molecule has 8 nitrogen and oxygen atoms in total. The van der Waals surface area contributed by atoms with E-state index in [1.54, 1.807) is 24.3 Å². The summed E-state index contributed by atoms with van der Waals surface area (Å²) in [4.78, 5) is 25.8. The first kappa shape index (κ1) is 18.6. The van der Waals surface area contributed by atoms with Gasteiger partial charge in [0.25, 0.3) is 11.8 Å². The second-order valence-electron chi connectivity index (χ2n) is 5.84. The molecule has 0 saturated heterocycles. The molecule has 2 aromatic carbocycles. The van der Waals surface area contributed by atoms with Gasteiger partial charge in [-0.05, 0) is 35.4 Å². The van der Waals surface area contributed by atoms with Crippen LogP contribution in [0.15, 0.2) is 59.2 Å². The van der Waals surface area contributed by atoms with E-state index in [4.69, 9.17) is 9.88 Å². The van der Waals surface area contributed by atoms with Crippen molar-refractivity contribution in [2.24, 2.45) is 5.14 Å². The van der Waals surface area contributed by atoms with E-state index in [9.17, 15) is 23.1 Å². The minimum absolute atomic E-state index is 0.0785. The van der Waals surface area contributed by atoms with Crippen molar-refractivity contribution in [1.82, 2.24) is 4.90 Å². The van der Waals surface area contributed by atoms with E-state index in [0.717, 1.165) is 4.90 Å². The van der Waals surface area contributed by atoms with Gasteiger partial charge in [-0.1, -0.05) is 24.3 Å². The number of rotatable bonds is 5. The van der Waals surface area contributed by atoms with E-state index in [1.165, 1.54) is 31.4 Å². The predicted octanol–water partition coefficient (Wildman–Crippen LogP) is 1.18. The minimum atomic E-state index is -3.83. The van der Waals surface area contributed by atoms with Gasteiger partial charge in [0.15, 0.2) is 5.76 Å². The first-order valence-corrected chi connectivity index (χ1v) is 9.32. The van der Waals surface area contributed by atoms with Crippen LogP contribution in [0.2, 0.25) is 0 Å². The highest BCUT2D eigenvalue weighted by Crippen LogP contribution is 2.30. The van der Waals surface area contributed by atoms with Gasteiger partial charge in [-0.15, -0.1) is 0 Å². The maximum absolute atomic E-state index is 12.7. The zero-order valence-electron chi connectivity index (χ0n) is 14.2. The van der Waals surface area contributed by atoms with Gasteiger partial charge in [0.05, 0.1) is 24.1 Å². The van der Waals surface area contributed by atoms with Crippen molar-refractivity contribution in [3.05, 3.63) is 65.4 Å². The summed E-state index contributed by atoms with van der Waals surface area (Å²) in [5.74, 6) is -1.52. The number of methoxy groups -OCH3 is 1. The summed E-state index contributed by atoms with van der Waals surface area (Å²) in [7, 11) is -2.33. The van der Waals surface area contributed by atoms with Gasteiger partial charge in [0, 0.05) is 0 Å². The molecule has 27 heavy (non-hydrogen) atoms. The highest BCUT2D eigenvalue weighted by atomic mass is 32.2. The van der Waals surface area contributed by atoms with Crippen molar-refractivity contribution in [3.63, 3.8) is 0 Å². The van der Waals surface area contributed by atoms with Gasteiger partial charge < -0.3 is 9.84 Å². The van der Waals surface area contributed by atoms with Crippen LogP contribution in [0.4, 0.5) is 0 Å². The summed E-state index contributed by atoms with van der Waals surface area (Å²) < 4.78 is 27.6. The Morgan fingerprint density at radius 2 is 1.59 bits per heavy atom. The maximum Gasteiger partial charge on any atom is 0.296 e. The number of sulfonamides is 1. The molecule has 1 heterocycles. The van der Waals surface area contributed by atoms with Crippen LogP contribution in [0, 0.1) is 0 Å². The molecule has 0 spiro atoms. The topological polar surface area (TPSA) is 127 Å². The van der Waals surface area contributed by atoms with Crippen molar-refractivity contribution in [3.8, 4) is 5.75 Å². The summed E-state index contributed by atoms with van der Waals surface area (Å²) >= 11 is 0. The average molecular weight is 388 g/mol. The molecular weight excluding hydrogens is 372 g/mol. The van der Waals surface area contributed by atoms with Crippen LogP contribution in [0.25, 0.3) is 5.57 Å². The lowest BCUT2D eigenvalue weighted by Crippen LogP contribution is -2.31. The zero-order chi connectivity index (χ0) is 19.8. The number of hydrogen-bond acceptors (Lipinski definition) is 6. The molecule has 0 aromatic heterocycles. The summed E-state index contributed by atoms with van der Waals surface area (Å²) in [5.41, 5.74) is 0.801. The van der Waals surface area contributed by atoms with E-state index in [1.807, 2.05) is 0 Å². The van der Waals surface area contributed by atoms with Crippen LogP contribution in [-0.4, -0.2) is 37.3 Å². The minimum Gasteiger partial charge on any atom is -0.502 e. The third kappa shape index (κ3) is 3.55. The number of aliphatic hydroxyl groups excluding tert-OH is 1. The number of carbonyl (C=O) groups is 2. The number of aliphatic hydroxyl groups is 1. The Kier molecular flexibility index (Phi) is 4.73.